The van der Waals surface area contributed by atoms with E-state index < -0.39 is 11.6 Å². The molecule has 0 bridgehead atoms. The maximum absolute atomic E-state index is 14.3. The number of anilines is 1. The minimum absolute atomic E-state index is 0.0122. The first kappa shape index (κ1) is 16.1. The summed E-state index contributed by atoms with van der Waals surface area (Å²) < 4.78 is 27.5. The number of Topliss-reactive ketones (excluding diaryl/α,β-unsaturated/α-hetero) is 1. The van der Waals surface area contributed by atoms with Gasteiger partial charge in [-0.05, 0) is 36.4 Å². The average molecular weight is 359 g/mol. The zero-order valence-electron chi connectivity index (χ0n) is 13.3. The number of allylic oxidation sites excluding steroid dienone is 2. The van der Waals surface area contributed by atoms with Gasteiger partial charge in [-0.25, -0.2) is 8.78 Å². The second-order valence-corrected chi connectivity index (χ2v) is 7.21. The number of benzene rings is 1. The lowest BCUT2D eigenvalue weighted by molar-refractivity contribution is -0.119. The average Bonchev–Trinajstić information content (AvgIpc) is 3.10. The van der Waals surface area contributed by atoms with Crippen LogP contribution in [0.2, 0.25) is 0 Å². The van der Waals surface area contributed by atoms with E-state index in [4.69, 9.17) is 0 Å². The summed E-state index contributed by atoms with van der Waals surface area (Å²) >= 11 is 1.51. The largest absolute Gasteiger partial charge is 0.294 e. The number of nitrogens with zero attached hydrogens (tertiary/aromatic N) is 1. The highest BCUT2D eigenvalue weighted by Gasteiger charge is 2.40. The first-order valence-corrected chi connectivity index (χ1v) is 9.02. The van der Waals surface area contributed by atoms with E-state index in [2.05, 4.69) is 0 Å². The number of hydrogen-bond acceptors (Lipinski definition) is 3. The molecule has 25 heavy (non-hydrogen) atoms. The van der Waals surface area contributed by atoms with Gasteiger partial charge in [-0.3, -0.25) is 14.5 Å². The van der Waals surface area contributed by atoms with Gasteiger partial charge in [0.2, 0.25) is 5.91 Å². The minimum atomic E-state index is -0.798. The quantitative estimate of drug-likeness (QED) is 0.789. The van der Waals surface area contributed by atoms with Crippen LogP contribution in [0.5, 0.6) is 0 Å². The molecule has 1 aliphatic heterocycles. The van der Waals surface area contributed by atoms with Crippen LogP contribution in [0.3, 0.4) is 0 Å². The van der Waals surface area contributed by atoms with Crippen molar-refractivity contribution < 1.29 is 18.4 Å². The van der Waals surface area contributed by atoms with Gasteiger partial charge in [0.05, 0.1) is 5.69 Å². The van der Waals surface area contributed by atoms with Crippen molar-refractivity contribution in [1.82, 2.24) is 0 Å². The normalized spacial score (nSPS) is 20.9. The van der Waals surface area contributed by atoms with Gasteiger partial charge in [0.25, 0.3) is 0 Å². The second kappa shape index (κ2) is 6.19. The van der Waals surface area contributed by atoms with Crippen LogP contribution in [0.15, 0.2) is 47.0 Å². The van der Waals surface area contributed by atoms with Crippen molar-refractivity contribution in [3.63, 3.8) is 0 Å². The predicted octanol–water partition coefficient (Wildman–Crippen LogP) is 4.55. The Bertz CT molecular complexity index is 889. The molecule has 4 rings (SSSR count). The summed E-state index contributed by atoms with van der Waals surface area (Å²) in [6, 6.07) is 6.96. The maximum Gasteiger partial charge on any atom is 0.232 e. The molecule has 0 saturated carbocycles. The fraction of sp³-hybridized carbons (Fsp3) is 0.263. The molecular formula is C19H15F2NO2S. The van der Waals surface area contributed by atoms with Crippen LogP contribution in [0, 0.1) is 11.6 Å². The van der Waals surface area contributed by atoms with Gasteiger partial charge in [-0.15, -0.1) is 11.3 Å². The first-order chi connectivity index (χ1) is 12.1. The molecule has 2 aliphatic rings. The molecule has 3 nitrogen and oxygen atoms in total. The fourth-order valence-electron chi connectivity index (χ4n) is 3.67. The van der Waals surface area contributed by atoms with E-state index in [1.807, 2.05) is 17.5 Å². The van der Waals surface area contributed by atoms with E-state index in [1.165, 1.54) is 22.3 Å². The molecule has 0 N–H and O–H groups in total. The summed E-state index contributed by atoms with van der Waals surface area (Å²) in [7, 11) is 0. The molecule has 1 aliphatic carbocycles. The van der Waals surface area contributed by atoms with Crippen LogP contribution in [0.4, 0.5) is 14.5 Å². The van der Waals surface area contributed by atoms with E-state index in [0.29, 0.717) is 30.5 Å². The van der Waals surface area contributed by atoms with Crippen molar-refractivity contribution in [2.75, 3.05) is 4.90 Å². The Hall–Kier alpha value is -2.34. The van der Waals surface area contributed by atoms with Crippen molar-refractivity contribution in [3.8, 4) is 0 Å². The minimum Gasteiger partial charge on any atom is -0.294 e. The van der Waals surface area contributed by atoms with E-state index in [0.717, 1.165) is 17.0 Å². The Morgan fingerprint density at radius 3 is 2.68 bits per heavy atom. The molecule has 0 radical (unpaired) electrons. The predicted molar refractivity (Wildman–Crippen MR) is 91.4 cm³/mol. The third-order valence-corrected chi connectivity index (χ3v) is 5.70. The molecule has 2 aromatic rings. The van der Waals surface area contributed by atoms with Gasteiger partial charge in [-0.2, -0.15) is 0 Å². The van der Waals surface area contributed by atoms with Crippen LogP contribution in [0.1, 0.15) is 36.5 Å². The molecule has 0 unspecified atom stereocenters. The lowest BCUT2D eigenvalue weighted by Crippen LogP contribution is -2.40. The Morgan fingerprint density at radius 1 is 1.12 bits per heavy atom. The lowest BCUT2D eigenvalue weighted by Gasteiger charge is -2.38. The standard InChI is InChI=1S/C19H15F2NO2S/c20-11-6-7-14(13(21)9-11)22-15-3-1-4-16(23)19(15)12(10-18(22)24)17-5-2-8-25-17/h2,5-9,12H,1,3-4,10H2/t12-/m1/s1. The molecule has 0 spiro atoms. The molecule has 1 amide bonds. The van der Waals surface area contributed by atoms with Crippen molar-refractivity contribution in [2.24, 2.45) is 0 Å². The summed E-state index contributed by atoms with van der Waals surface area (Å²) in [5.41, 5.74) is 1.19. The second-order valence-electron chi connectivity index (χ2n) is 6.23. The van der Waals surface area contributed by atoms with Gasteiger partial charge < -0.3 is 0 Å². The van der Waals surface area contributed by atoms with Gasteiger partial charge in [-0.1, -0.05) is 6.07 Å². The molecule has 1 aromatic carbocycles. The first-order valence-electron chi connectivity index (χ1n) is 8.14. The molecular weight excluding hydrogens is 344 g/mol. The highest BCUT2D eigenvalue weighted by molar-refractivity contribution is 7.10. The molecule has 0 fully saturated rings. The van der Waals surface area contributed by atoms with Crippen molar-refractivity contribution in [3.05, 3.63) is 63.5 Å². The van der Waals surface area contributed by atoms with Crippen LogP contribution >= 0.6 is 11.3 Å². The topological polar surface area (TPSA) is 37.4 Å². The number of halogens is 2. The number of rotatable bonds is 2. The van der Waals surface area contributed by atoms with Crippen molar-refractivity contribution in [2.45, 2.75) is 31.6 Å². The highest BCUT2D eigenvalue weighted by Crippen LogP contribution is 2.44. The van der Waals surface area contributed by atoms with Crippen molar-refractivity contribution >= 4 is 28.7 Å². The van der Waals surface area contributed by atoms with Gasteiger partial charge in [0.1, 0.15) is 11.6 Å². The molecule has 6 heteroatoms. The van der Waals surface area contributed by atoms with E-state index >= 15 is 0 Å². The SMILES string of the molecule is O=C1CCCC2=C1[C@@H](c1cccs1)CC(=O)N2c1ccc(F)cc1F. The molecule has 0 saturated heterocycles. The Balaban J connectivity index is 1.88. The van der Waals surface area contributed by atoms with E-state index in [1.54, 1.807) is 0 Å². The van der Waals surface area contributed by atoms with Gasteiger partial charge in [0.15, 0.2) is 5.78 Å². The van der Waals surface area contributed by atoms with E-state index in [-0.39, 0.29) is 29.7 Å². The number of thiophene rings is 1. The van der Waals surface area contributed by atoms with Crippen LogP contribution in [-0.4, -0.2) is 11.7 Å². The zero-order valence-corrected chi connectivity index (χ0v) is 14.1. The summed E-state index contributed by atoms with van der Waals surface area (Å²) in [5, 5.41) is 1.92. The molecule has 2 heterocycles. The highest BCUT2D eigenvalue weighted by atomic mass is 32.1. The van der Waals surface area contributed by atoms with Crippen LogP contribution < -0.4 is 4.90 Å². The smallest absolute Gasteiger partial charge is 0.232 e. The molecule has 1 aromatic heterocycles. The van der Waals surface area contributed by atoms with Gasteiger partial charge in [0, 0.05) is 41.0 Å². The number of ketones is 1. The summed E-state index contributed by atoms with van der Waals surface area (Å²) in [6.45, 7) is 0. The third kappa shape index (κ3) is 2.70. The molecule has 1 atom stereocenters. The summed E-state index contributed by atoms with van der Waals surface area (Å²) in [5.74, 6) is -2.02. The van der Waals surface area contributed by atoms with Gasteiger partial charge >= 0.3 is 0 Å². The number of amides is 1. The Morgan fingerprint density at radius 2 is 1.96 bits per heavy atom. The summed E-state index contributed by atoms with van der Waals surface area (Å²) in [4.78, 5) is 27.7. The molecule has 128 valence electrons. The zero-order chi connectivity index (χ0) is 17.6. The van der Waals surface area contributed by atoms with E-state index in [9.17, 15) is 18.4 Å². The maximum atomic E-state index is 14.3. The lowest BCUT2D eigenvalue weighted by atomic mass is 9.79. The van der Waals surface area contributed by atoms with Crippen LogP contribution in [0.25, 0.3) is 0 Å². The summed E-state index contributed by atoms with van der Waals surface area (Å²) in [6.07, 6.45) is 1.71. The number of carbonyl (C=O) groups excluding carboxylic acids is 2. The third-order valence-electron chi connectivity index (χ3n) is 4.71. The Kier molecular flexibility index (Phi) is 4.00. The number of hydrogen-bond donors (Lipinski definition) is 0. The monoisotopic (exact) mass is 359 g/mol. The fourth-order valence-corrected chi connectivity index (χ4v) is 4.50. The van der Waals surface area contributed by atoms with Crippen molar-refractivity contribution in [1.29, 1.82) is 0 Å². The Labute approximate surface area is 147 Å². The van der Waals surface area contributed by atoms with Crippen LogP contribution in [-0.2, 0) is 9.59 Å². The number of carbonyl (C=O) groups is 2.